The lowest BCUT2D eigenvalue weighted by atomic mass is 10.3. The number of sulfonamides is 1. The van der Waals surface area contributed by atoms with Crippen LogP contribution in [0.5, 0.6) is 0 Å². The van der Waals surface area contributed by atoms with E-state index in [0.717, 1.165) is 10.6 Å². The Kier molecular flexibility index (Phi) is 3.48. The van der Waals surface area contributed by atoms with Gasteiger partial charge in [0, 0.05) is 16.7 Å². The van der Waals surface area contributed by atoms with E-state index in [4.69, 9.17) is 0 Å². The predicted molar refractivity (Wildman–Crippen MR) is 82.7 cm³/mol. The van der Waals surface area contributed by atoms with Crippen molar-refractivity contribution in [2.45, 2.75) is 22.0 Å². The molecule has 0 saturated heterocycles. The zero-order valence-corrected chi connectivity index (χ0v) is 12.7. The second-order valence-corrected chi connectivity index (χ2v) is 8.09. The van der Waals surface area contributed by atoms with Crippen molar-refractivity contribution in [1.82, 2.24) is 0 Å². The van der Waals surface area contributed by atoms with Gasteiger partial charge in [-0.1, -0.05) is 37.3 Å². The molecule has 3 nitrogen and oxygen atoms in total. The Labute approximate surface area is 123 Å². The molecule has 5 heteroatoms. The Morgan fingerprint density at radius 3 is 2.45 bits per heavy atom. The van der Waals surface area contributed by atoms with Crippen LogP contribution in [0.1, 0.15) is 6.92 Å². The van der Waals surface area contributed by atoms with Crippen molar-refractivity contribution in [3.05, 3.63) is 54.6 Å². The minimum absolute atomic E-state index is 0.239. The predicted octanol–water partition coefficient (Wildman–Crippen LogP) is 3.38. The molecule has 2 aromatic carbocycles. The Bertz CT molecular complexity index is 714. The molecule has 0 fully saturated rings. The van der Waals surface area contributed by atoms with Crippen molar-refractivity contribution in [3.8, 4) is 0 Å². The minimum atomic E-state index is -3.49. The highest BCUT2D eigenvalue weighted by molar-refractivity contribution is 8.00. The molecule has 0 N–H and O–H groups in total. The van der Waals surface area contributed by atoms with Gasteiger partial charge in [0.15, 0.2) is 0 Å². The third-order valence-electron chi connectivity index (χ3n) is 3.22. The van der Waals surface area contributed by atoms with Crippen LogP contribution in [0.25, 0.3) is 0 Å². The SMILES string of the molecule is CC1CN(S(=O)(=O)c2ccccc2)c2ccccc2S1. The quantitative estimate of drug-likeness (QED) is 0.853. The fourth-order valence-electron chi connectivity index (χ4n) is 2.30. The van der Waals surface area contributed by atoms with Crippen LogP contribution in [-0.2, 0) is 10.0 Å². The maximum Gasteiger partial charge on any atom is 0.264 e. The molecule has 104 valence electrons. The van der Waals surface area contributed by atoms with Crippen molar-refractivity contribution in [1.29, 1.82) is 0 Å². The first-order chi connectivity index (χ1) is 9.59. The summed E-state index contributed by atoms with van der Waals surface area (Å²) in [6.45, 7) is 2.55. The van der Waals surface area contributed by atoms with Crippen molar-refractivity contribution in [3.63, 3.8) is 0 Å². The van der Waals surface area contributed by atoms with Gasteiger partial charge in [0.25, 0.3) is 10.0 Å². The maximum absolute atomic E-state index is 12.8. The lowest BCUT2D eigenvalue weighted by molar-refractivity contribution is 0.589. The zero-order chi connectivity index (χ0) is 14.2. The molecule has 1 aliphatic rings. The molecule has 1 atom stereocenters. The Balaban J connectivity index is 2.11. The van der Waals surface area contributed by atoms with Crippen molar-refractivity contribution in [2.24, 2.45) is 0 Å². The standard InChI is InChI=1S/C15H15NO2S2/c1-12-11-16(14-9-5-6-10-15(14)19-12)20(17,18)13-7-3-2-4-8-13/h2-10,12H,11H2,1H3. The van der Waals surface area contributed by atoms with Crippen molar-refractivity contribution in [2.75, 3.05) is 10.8 Å². The average molecular weight is 305 g/mol. The molecule has 0 spiro atoms. The third-order valence-corrected chi connectivity index (χ3v) is 6.16. The van der Waals surface area contributed by atoms with E-state index in [0.29, 0.717) is 11.4 Å². The molecule has 1 heterocycles. The van der Waals surface area contributed by atoms with Gasteiger partial charge in [-0.25, -0.2) is 8.42 Å². The number of thioether (sulfide) groups is 1. The number of hydrogen-bond acceptors (Lipinski definition) is 3. The molecule has 0 aromatic heterocycles. The summed E-state index contributed by atoms with van der Waals surface area (Å²) < 4.78 is 27.2. The molecule has 20 heavy (non-hydrogen) atoms. The molecule has 0 saturated carbocycles. The van der Waals surface area contributed by atoms with Crippen LogP contribution in [0.4, 0.5) is 5.69 Å². The first-order valence-corrected chi connectivity index (χ1v) is 8.74. The fourth-order valence-corrected chi connectivity index (χ4v) is 5.15. The van der Waals surface area contributed by atoms with E-state index in [1.807, 2.05) is 37.3 Å². The number of benzene rings is 2. The topological polar surface area (TPSA) is 37.4 Å². The van der Waals surface area contributed by atoms with Crippen LogP contribution in [-0.4, -0.2) is 20.2 Å². The van der Waals surface area contributed by atoms with Gasteiger partial charge in [-0.3, -0.25) is 4.31 Å². The number of para-hydroxylation sites is 1. The number of fused-ring (bicyclic) bond motifs is 1. The molecule has 0 radical (unpaired) electrons. The first-order valence-electron chi connectivity index (χ1n) is 6.42. The summed E-state index contributed by atoms with van der Waals surface area (Å²) in [6.07, 6.45) is 0. The molecule has 0 amide bonds. The third kappa shape index (κ3) is 2.31. The van der Waals surface area contributed by atoms with E-state index in [2.05, 4.69) is 0 Å². The summed E-state index contributed by atoms with van der Waals surface area (Å²) in [6, 6.07) is 16.3. The van der Waals surface area contributed by atoms with Gasteiger partial charge in [0.2, 0.25) is 0 Å². The van der Waals surface area contributed by atoms with Gasteiger partial charge in [-0.15, -0.1) is 11.8 Å². The summed E-state index contributed by atoms with van der Waals surface area (Å²) in [5.74, 6) is 0. The largest absolute Gasteiger partial charge is 0.264 e. The van der Waals surface area contributed by atoms with Crippen molar-refractivity contribution < 1.29 is 8.42 Å². The molecule has 0 aliphatic carbocycles. The van der Waals surface area contributed by atoms with Gasteiger partial charge >= 0.3 is 0 Å². The highest BCUT2D eigenvalue weighted by Crippen LogP contribution is 2.40. The minimum Gasteiger partial charge on any atom is -0.264 e. The average Bonchev–Trinajstić information content (AvgIpc) is 2.47. The number of rotatable bonds is 2. The number of anilines is 1. The number of nitrogens with zero attached hydrogens (tertiary/aromatic N) is 1. The fraction of sp³-hybridized carbons (Fsp3) is 0.200. The van der Waals surface area contributed by atoms with Crippen molar-refractivity contribution >= 4 is 27.5 Å². The molecular formula is C15H15NO2S2. The summed E-state index contributed by atoms with van der Waals surface area (Å²) in [4.78, 5) is 1.36. The van der Waals surface area contributed by atoms with Gasteiger partial charge in [0.1, 0.15) is 0 Å². The van der Waals surface area contributed by atoms with E-state index < -0.39 is 10.0 Å². The Hall–Kier alpha value is -1.46. The maximum atomic E-state index is 12.8. The molecule has 3 rings (SSSR count). The Morgan fingerprint density at radius 2 is 1.70 bits per heavy atom. The monoisotopic (exact) mass is 305 g/mol. The molecule has 1 aliphatic heterocycles. The molecule has 1 unspecified atom stereocenters. The van der Waals surface area contributed by atoms with Crippen LogP contribution in [0.3, 0.4) is 0 Å². The molecule has 0 bridgehead atoms. The molecular weight excluding hydrogens is 290 g/mol. The van der Waals surface area contributed by atoms with Crippen LogP contribution in [0.15, 0.2) is 64.4 Å². The summed E-state index contributed by atoms with van der Waals surface area (Å²) in [7, 11) is -3.49. The summed E-state index contributed by atoms with van der Waals surface area (Å²) in [5.41, 5.74) is 0.777. The van der Waals surface area contributed by atoms with E-state index in [1.165, 1.54) is 4.31 Å². The summed E-state index contributed by atoms with van der Waals surface area (Å²) >= 11 is 1.72. The van der Waals surface area contributed by atoms with E-state index in [1.54, 1.807) is 36.0 Å². The molecule has 2 aromatic rings. The van der Waals surface area contributed by atoms with Crippen LogP contribution < -0.4 is 4.31 Å². The second-order valence-electron chi connectivity index (χ2n) is 4.75. The normalized spacial score (nSPS) is 18.6. The zero-order valence-electron chi connectivity index (χ0n) is 11.1. The highest BCUT2D eigenvalue weighted by Gasteiger charge is 2.31. The Morgan fingerprint density at radius 1 is 1.05 bits per heavy atom. The number of hydrogen-bond donors (Lipinski definition) is 0. The van der Waals surface area contributed by atoms with Crippen LogP contribution >= 0.6 is 11.8 Å². The summed E-state index contributed by atoms with van der Waals surface area (Å²) in [5, 5.41) is 0.239. The van der Waals surface area contributed by atoms with Crippen LogP contribution in [0.2, 0.25) is 0 Å². The lowest BCUT2D eigenvalue weighted by Crippen LogP contribution is -2.38. The van der Waals surface area contributed by atoms with Gasteiger partial charge in [0.05, 0.1) is 10.6 Å². The van der Waals surface area contributed by atoms with Gasteiger partial charge < -0.3 is 0 Å². The highest BCUT2D eigenvalue weighted by atomic mass is 32.2. The van der Waals surface area contributed by atoms with E-state index in [-0.39, 0.29) is 5.25 Å². The van der Waals surface area contributed by atoms with Gasteiger partial charge in [-0.05, 0) is 24.3 Å². The smallest absolute Gasteiger partial charge is 0.264 e. The van der Waals surface area contributed by atoms with E-state index in [9.17, 15) is 8.42 Å². The van der Waals surface area contributed by atoms with Gasteiger partial charge in [-0.2, -0.15) is 0 Å². The lowest BCUT2D eigenvalue weighted by Gasteiger charge is -2.33. The van der Waals surface area contributed by atoms with Crippen LogP contribution in [0, 0.1) is 0 Å². The first kappa shape index (κ1) is 13.5. The second kappa shape index (κ2) is 5.14. The van der Waals surface area contributed by atoms with E-state index >= 15 is 0 Å².